The Hall–Kier alpha value is -2.56. The lowest BCUT2D eigenvalue weighted by molar-refractivity contribution is -0.115. The zero-order valence-corrected chi connectivity index (χ0v) is 17.0. The predicted octanol–water partition coefficient (Wildman–Crippen LogP) is 1.13. The van der Waals surface area contributed by atoms with E-state index in [0.717, 1.165) is 38.4 Å². The minimum Gasteiger partial charge on any atom is -0.379 e. The zero-order chi connectivity index (χ0) is 20.4. The number of amides is 1. The van der Waals surface area contributed by atoms with E-state index >= 15 is 0 Å². The Morgan fingerprint density at radius 3 is 2.71 bits per heavy atom. The van der Waals surface area contributed by atoms with Crippen molar-refractivity contribution >= 4 is 17.6 Å². The van der Waals surface area contributed by atoms with E-state index in [1.165, 1.54) is 0 Å². The second kappa shape index (κ2) is 11.3. The lowest BCUT2D eigenvalue weighted by atomic mass is 10.0. The molecule has 1 saturated heterocycles. The van der Waals surface area contributed by atoms with Crippen molar-refractivity contribution in [2.75, 3.05) is 51.8 Å². The van der Waals surface area contributed by atoms with Crippen molar-refractivity contribution in [3.8, 4) is 12.3 Å². The Morgan fingerprint density at radius 1 is 1.32 bits per heavy atom. The third-order valence-corrected chi connectivity index (χ3v) is 4.72. The summed E-state index contributed by atoms with van der Waals surface area (Å²) in [4.78, 5) is 18.9. The summed E-state index contributed by atoms with van der Waals surface area (Å²) in [5, 5.41) is 9.22. The Kier molecular flexibility index (Phi) is 8.79. The van der Waals surface area contributed by atoms with Crippen molar-refractivity contribution < 1.29 is 9.53 Å². The molecule has 1 aromatic carbocycles. The number of aliphatic imine (C=N–C) groups is 1. The second-order valence-electron chi connectivity index (χ2n) is 7.04. The summed E-state index contributed by atoms with van der Waals surface area (Å²) in [6.45, 7) is 8.73. The SMILES string of the molecule is C#Cc1cccc(NC(=O)CNC(=NC)NCC(C(C)C)N2CCOCC2)c1. The molecule has 0 aromatic heterocycles. The van der Waals surface area contributed by atoms with E-state index in [2.05, 4.69) is 45.6 Å². The normalized spacial score (nSPS) is 16.3. The molecule has 0 spiro atoms. The number of carbonyl (C=O) groups excluding carboxylic acids is 1. The van der Waals surface area contributed by atoms with Gasteiger partial charge >= 0.3 is 0 Å². The Morgan fingerprint density at radius 2 is 2.07 bits per heavy atom. The molecule has 2 rings (SSSR count). The molecule has 1 aliphatic rings. The fourth-order valence-corrected chi connectivity index (χ4v) is 3.17. The zero-order valence-electron chi connectivity index (χ0n) is 17.0. The van der Waals surface area contributed by atoms with Crippen LogP contribution in [0.4, 0.5) is 5.69 Å². The number of anilines is 1. The molecule has 1 unspecified atom stereocenters. The Bertz CT molecular complexity index is 705. The first-order valence-corrected chi connectivity index (χ1v) is 9.66. The molecule has 1 atom stereocenters. The van der Waals surface area contributed by atoms with Crippen molar-refractivity contribution in [3.05, 3.63) is 29.8 Å². The maximum atomic E-state index is 12.2. The van der Waals surface area contributed by atoms with E-state index in [4.69, 9.17) is 11.2 Å². The molecule has 152 valence electrons. The van der Waals surface area contributed by atoms with E-state index in [0.29, 0.717) is 23.6 Å². The van der Waals surface area contributed by atoms with Gasteiger partial charge in [0.05, 0.1) is 19.8 Å². The van der Waals surface area contributed by atoms with Crippen molar-refractivity contribution in [1.29, 1.82) is 0 Å². The molecule has 1 amide bonds. The van der Waals surface area contributed by atoms with Crippen molar-refractivity contribution in [2.45, 2.75) is 19.9 Å². The molecule has 1 aromatic rings. The van der Waals surface area contributed by atoms with Crippen LogP contribution in [0, 0.1) is 18.3 Å². The van der Waals surface area contributed by atoms with Crippen LogP contribution in [0.15, 0.2) is 29.3 Å². The van der Waals surface area contributed by atoms with E-state index in [1.807, 2.05) is 12.1 Å². The minimum atomic E-state index is -0.161. The summed E-state index contributed by atoms with van der Waals surface area (Å²) in [6, 6.07) is 7.58. The van der Waals surface area contributed by atoms with Crippen LogP contribution in [0.2, 0.25) is 0 Å². The van der Waals surface area contributed by atoms with Crippen LogP contribution >= 0.6 is 0 Å². The number of benzene rings is 1. The van der Waals surface area contributed by atoms with Crippen LogP contribution in [-0.4, -0.2) is 69.2 Å². The van der Waals surface area contributed by atoms with Gasteiger partial charge in [0.25, 0.3) is 0 Å². The Labute approximate surface area is 167 Å². The maximum absolute atomic E-state index is 12.2. The van der Waals surface area contributed by atoms with Gasteiger partial charge in [-0.3, -0.25) is 14.7 Å². The minimum absolute atomic E-state index is 0.115. The number of morpholine rings is 1. The smallest absolute Gasteiger partial charge is 0.243 e. The van der Waals surface area contributed by atoms with Gasteiger partial charge in [-0.1, -0.05) is 25.8 Å². The van der Waals surface area contributed by atoms with Gasteiger partial charge in [0.2, 0.25) is 5.91 Å². The third kappa shape index (κ3) is 6.87. The van der Waals surface area contributed by atoms with Gasteiger partial charge in [0, 0.05) is 44.0 Å². The van der Waals surface area contributed by atoms with Crippen LogP contribution in [0.3, 0.4) is 0 Å². The molecule has 7 nitrogen and oxygen atoms in total. The lowest BCUT2D eigenvalue weighted by Crippen LogP contribution is -2.53. The topological polar surface area (TPSA) is 78.0 Å². The predicted molar refractivity (Wildman–Crippen MR) is 113 cm³/mol. The number of nitrogens with zero attached hydrogens (tertiary/aromatic N) is 2. The van der Waals surface area contributed by atoms with Crippen molar-refractivity contribution in [3.63, 3.8) is 0 Å². The van der Waals surface area contributed by atoms with Gasteiger partial charge in [0.15, 0.2) is 5.96 Å². The maximum Gasteiger partial charge on any atom is 0.243 e. The van der Waals surface area contributed by atoms with Gasteiger partial charge < -0.3 is 20.7 Å². The fraction of sp³-hybridized carbons (Fsp3) is 0.524. The highest BCUT2D eigenvalue weighted by atomic mass is 16.5. The highest BCUT2D eigenvalue weighted by Crippen LogP contribution is 2.12. The number of hydrogen-bond acceptors (Lipinski definition) is 4. The quantitative estimate of drug-likeness (QED) is 0.373. The van der Waals surface area contributed by atoms with Crippen LogP contribution in [0.1, 0.15) is 19.4 Å². The number of ether oxygens (including phenoxy) is 1. The van der Waals surface area contributed by atoms with E-state index in [1.54, 1.807) is 19.2 Å². The van der Waals surface area contributed by atoms with Gasteiger partial charge in [-0.25, -0.2) is 0 Å². The average Bonchev–Trinajstić information content (AvgIpc) is 2.71. The van der Waals surface area contributed by atoms with Gasteiger partial charge in [-0.05, 0) is 24.1 Å². The van der Waals surface area contributed by atoms with E-state index in [9.17, 15) is 4.79 Å². The number of guanidine groups is 1. The molecule has 0 radical (unpaired) electrons. The summed E-state index contributed by atoms with van der Waals surface area (Å²) in [6.07, 6.45) is 5.39. The molecule has 1 fully saturated rings. The van der Waals surface area contributed by atoms with Crippen LogP contribution in [-0.2, 0) is 9.53 Å². The number of rotatable bonds is 7. The average molecular weight is 386 g/mol. The standard InChI is InChI=1S/C21H31N5O2/c1-5-17-7-6-8-18(13-17)25-20(27)15-24-21(22-4)23-14-19(16(2)3)26-9-11-28-12-10-26/h1,6-8,13,16,19H,9-12,14-15H2,2-4H3,(H,25,27)(H2,22,23,24). The number of nitrogens with one attached hydrogen (secondary N) is 3. The monoisotopic (exact) mass is 385 g/mol. The van der Waals surface area contributed by atoms with Gasteiger partial charge in [-0.2, -0.15) is 0 Å². The first-order chi connectivity index (χ1) is 13.5. The summed E-state index contributed by atoms with van der Waals surface area (Å²) in [7, 11) is 1.70. The largest absolute Gasteiger partial charge is 0.379 e. The molecule has 1 heterocycles. The first-order valence-electron chi connectivity index (χ1n) is 9.66. The highest BCUT2D eigenvalue weighted by Gasteiger charge is 2.23. The summed E-state index contributed by atoms with van der Waals surface area (Å²) in [5.41, 5.74) is 1.41. The van der Waals surface area contributed by atoms with E-state index < -0.39 is 0 Å². The third-order valence-electron chi connectivity index (χ3n) is 4.72. The molecular formula is C21H31N5O2. The molecule has 1 aliphatic heterocycles. The van der Waals surface area contributed by atoms with Crippen LogP contribution < -0.4 is 16.0 Å². The Balaban J connectivity index is 1.81. The molecule has 7 heteroatoms. The van der Waals surface area contributed by atoms with Crippen LogP contribution in [0.25, 0.3) is 0 Å². The van der Waals surface area contributed by atoms with Gasteiger partial charge in [0.1, 0.15) is 0 Å². The molecular weight excluding hydrogens is 354 g/mol. The highest BCUT2D eigenvalue weighted by molar-refractivity contribution is 5.95. The van der Waals surface area contributed by atoms with Crippen LogP contribution in [0.5, 0.6) is 0 Å². The molecule has 28 heavy (non-hydrogen) atoms. The second-order valence-corrected chi connectivity index (χ2v) is 7.04. The summed E-state index contributed by atoms with van der Waals surface area (Å²) >= 11 is 0. The summed E-state index contributed by atoms with van der Waals surface area (Å²) in [5.74, 6) is 3.49. The number of terminal acetylenes is 1. The molecule has 0 saturated carbocycles. The number of carbonyl (C=O) groups is 1. The molecule has 0 aliphatic carbocycles. The lowest BCUT2D eigenvalue weighted by Gasteiger charge is -2.37. The van der Waals surface area contributed by atoms with Crippen molar-refractivity contribution in [1.82, 2.24) is 15.5 Å². The van der Waals surface area contributed by atoms with Gasteiger partial charge in [-0.15, -0.1) is 6.42 Å². The van der Waals surface area contributed by atoms with E-state index in [-0.39, 0.29) is 12.5 Å². The van der Waals surface area contributed by atoms with Crippen molar-refractivity contribution in [2.24, 2.45) is 10.9 Å². The summed E-state index contributed by atoms with van der Waals surface area (Å²) < 4.78 is 5.45. The molecule has 3 N–H and O–H groups in total. The number of hydrogen-bond donors (Lipinski definition) is 3. The fourth-order valence-electron chi connectivity index (χ4n) is 3.17. The first kappa shape index (κ1) is 21.7. The molecule has 0 bridgehead atoms.